The molecule has 0 spiro atoms. The zero-order valence-electron chi connectivity index (χ0n) is 13.3. The van der Waals surface area contributed by atoms with Gasteiger partial charge in [0.05, 0.1) is 6.10 Å². The number of piperidine rings is 1. The lowest BCUT2D eigenvalue weighted by Gasteiger charge is -2.43. The summed E-state index contributed by atoms with van der Waals surface area (Å²) in [6.45, 7) is 3.90. The van der Waals surface area contributed by atoms with Crippen LogP contribution in [0.3, 0.4) is 0 Å². The lowest BCUT2D eigenvalue weighted by molar-refractivity contribution is -0.0385. The molecule has 2 atom stereocenters. The van der Waals surface area contributed by atoms with Crippen LogP contribution in [0.25, 0.3) is 0 Å². The lowest BCUT2D eigenvalue weighted by Crippen LogP contribution is -2.50. The minimum absolute atomic E-state index is 0.149. The van der Waals surface area contributed by atoms with Gasteiger partial charge in [0.2, 0.25) is 0 Å². The van der Waals surface area contributed by atoms with E-state index in [1.807, 2.05) is 6.07 Å². The van der Waals surface area contributed by atoms with Gasteiger partial charge in [0.15, 0.2) is 0 Å². The Hall–Kier alpha value is -0.970. The van der Waals surface area contributed by atoms with Crippen molar-refractivity contribution < 1.29 is 13.9 Å². The highest BCUT2D eigenvalue weighted by atomic mass is 19.1. The monoisotopic (exact) mass is 307 g/mol. The SMILES string of the molecule is CO[C@@H]1CCN(C2CCOCC2)C[C@H]1Cc1cccc(F)c1. The number of nitrogens with zero attached hydrogens (tertiary/aromatic N) is 1. The first-order valence-electron chi connectivity index (χ1n) is 8.35. The molecule has 4 heteroatoms. The fourth-order valence-electron chi connectivity index (χ4n) is 3.89. The standard InChI is InChI=1S/C18H26FNO2/c1-21-18-5-8-20(17-6-9-22-10-7-17)13-15(18)11-14-3-2-4-16(19)12-14/h2-4,12,15,17-18H,5-11,13H2,1H3/t15-,18-/m1/s1. The molecule has 0 amide bonds. The summed E-state index contributed by atoms with van der Waals surface area (Å²) < 4.78 is 24.6. The quantitative estimate of drug-likeness (QED) is 0.854. The molecule has 0 aliphatic carbocycles. The van der Waals surface area contributed by atoms with Gasteiger partial charge in [0, 0.05) is 45.4 Å². The lowest BCUT2D eigenvalue weighted by atomic mass is 9.87. The number of rotatable bonds is 4. The summed E-state index contributed by atoms with van der Waals surface area (Å²) in [5.74, 6) is 0.284. The molecule has 22 heavy (non-hydrogen) atoms. The van der Waals surface area contributed by atoms with Crippen molar-refractivity contribution in [2.75, 3.05) is 33.4 Å². The zero-order valence-corrected chi connectivity index (χ0v) is 13.3. The topological polar surface area (TPSA) is 21.7 Å². The summed E-state index contributed by atoms with van der Waals surface area (Å²) in [6.07, 6.45) is 4.48. The van der Waals surface area contributed by atoms with E-state index in [1.54, 1.807) is 19.2 Å². The summed E-state index contributed by atoms with van der Waals surface area (Å²) >= 11 is 0. The van der Waals surface area contributed by atoms with E-state index in [-0.39, 0.29) is 11.9 Å². The predicted octanol–water partition coefficient (Wildman–Crippen LogP) is 2.88. The Morgan fingerprint density at radius 3 is 2.82 bits per heavy atom. The molecule has 2 aliphatic heterocycles. The van der Waals surface area contributed by atoms with Crippen molar-refractivity contribution >= 4 is 0 Å². The Morgan fingerprint density at radius 2 is 2.09 bits per heavy atom. The van der Waals surface area contributed by atoms with Crippen LogP contribution in [0.4, 0.5) is 4.39 Å². The van der Waals surface area contributed by atoms with Crippen LogP contribution in [-0.4, -0.2) is 50.5 Å². The van der Waals surface area contributed by atoms with Gasteiger partial charge in [0.25, 0.3) is 0 Å². The van der Waals surface area contributed by atoms with E-state index in [1.165, 1.54) is 6.07 Å². The van der Waals surface area contributed by atoms with Gasteiger partial charge in [-0.15, -0.1) is 0 Å². The maximum Gasteiger partial charge on any atom is 0.123 e. The summed E-state index contributed by atoms with van der Waals surface area (Å²) in [5, 5.41) is 0. The fourth-order valence-corrected chi connectivity index (χ4v) is 3.89. The number of ether oxygens (including phenoxy) is 2. The number of halogens is 1. The molecule has 3 rings (SSSR count). The average molecular weight is 307 g/mol. The molecule has 0 unspecified atom stereocenters. The van der Waals surface area contributed by atoms with E-state index in [9.17, 15) is 4.39 Å². The van der Waals surface area contributed by atoms with Crippen LogP contribution in [0.5, 0.6) is 0 Å². The van der Waals surface area contributed by atoms with E-state index >= 15 is 0 Å². The first-order valence-corrected chi connectivity index (χ1v) is 8.35. The van der Waals surface area contributed by atoms with Crippen molar-refractivity contribution in [1.82, 2.24) is 4.90 Å². The fraction of sp³-hybridized carbons (Fsp3) is 0.667. The van der Waals surface area contributed by atoms with Crippen LogP contribution in [-0.2, 0) is 15.9 Å². The predicted molar refractivity (Wildman–Crippen MR) is 84.4 cm³/mol. The van der Waals surface area contributed by atoms with Gasteiger partial charge in [-0.25, -0.2) is 4.39 Å². The maximum atomic E-state index is 13.4. The third kappa shape index (κ3) is 3.86. The van der Waals surface area contributed by atoms with Gasteiger partial charge in [-0.05, 0) is 43.4 Å². The average Bonchev–Trinajstić information content (AvgIpc) is 2.56. The van der Waals surface area contributed by atoms with Crippen molar-refractivity contribution in [2.24, 2.45) is 5.92 Å². The van der Waals surface area contributed by atoms with E-state index < -0.39 is 0 Å². The second kappa shape index (κ2) is 7.53. The number of likely N-dealkylation sites (tertiary alicyclic amines) is 1. The molecule has 0 radical (unpaired) electrons. The number of hydrogen-bond acceptors (Lipinski definition) is 3. The molecule has 3 nitrogen and oxygen atoms in total. The Morgan fingerprint density at radius 1 is 1.27 bits per heavy atom. The van der Waals surface area contributed by atoms with Crippen molar-refractivity contribution in [1.29, 1.82) is 0 Å². The molecule has 0 aromatic heterocycles. The summed E-state index contributed by atoms with van der Waals surface area (Å²) in [7, 11) is 1.80. The molecule has 2 heterocycles. The van der Waals surface area contributed by atoms with E-state index in [4.69, 9.17) is 9.47 Å². The van der Waals surface area contributed by atoms with Crippen molar-refractivity contribution in [3.8, 4) is 0 Å². The van der Waals surface area contributed by atoms with Gasteiger partial charge in [-0.3, -0.25) is 4.90 Å². The molecule has 1 aromatic rings. The molecule has 0 N–H and O–H groups in total. The first kappa shape index (κ1) is 15.9. The van der Waals surface area contributed by atoms with E-state index in [2.05, 4.69) is 4.90 Å². The van der Waals surface area contributed by atoms with Crippen LogP contribution in [0, 0.1) is 11.7 Å². The van der Waals surface area contributed by atoms with Gasteiger partial charge >= 0.3 is 0 Å². The molecule has 2 saturated heterocycles. The molecule has 0 bridgehead atoms. The Balaban J connectivity index is 1.66. The summed E-state index contributed by atoms with van der Waals surface area (Å²) in [6, 6.07) is 7.61. The van der Waals surface area contributed by atoms with Crippen LogP contribution >= 0.6 is 0 Å². The zero-order chi connectivity index (χ0) is 15.4. The molecule has 2 fully saturated rings. The highest BCUT2D eigenvalue weighted by molar-refractivity contribution is 5.17. The Bertz CT molecular complexity index is 476. The van der Waals surface area contributed by atoms with Crippen molar-refractivity contribution in [3.05, 3.63) is 35.6 Å². The molecule has 2 aliphatic rings. The maximum absolute atomic E-state index is 13.4. The second-order valence-electron chi connectivity index (χ2n) is 6.50. The molecular weight excluding hydrogens is 281 g/mol. The number of methoxy groups -OCH3 is 1. The van der Waals surface area contributed by atoms with Crippen molar-refractivity contribution in [2.45, 2.75) is 37.8 Å². The van der Waals surface area contributed by atoms with Gasteiger partial charge in [0.1, 0.15) is 5.82 Å². The third-order valence-electron chi connectivity index (χ3n) is 5.09. The Kier molecular flexibility index (Phi) is 5.45. The molecule has 122 valence electrons. The van der Waals surface area contributed by atoms with Crippen LogP contribution in [0.15, 0.2) is 24.3 Å². The Labute approximate surface area is 132 Å². The third-order valence-corrected chi connectivity index (χ3v) is 5.09. The van der Waals surface area contributed by atoms with Crippen LogP contribution in [0.1, 0.15) is 24.8 Å². The van der Waals surface area contributed by atoms with Gasteiger partial charge in [-0.2, -0.15) is 0 Å². The van der Waals surface area contributed by atoms with E-state index in [0.29, 0.717) is 12.0 Å². The van der Waals surface area contributed by atoms with Gasteiger partial charge in [-0.1, -0.05) is 12.1 Å². The first-order chi connectivity index (χ1) is 10.8. The highest BCUT2D eigenvalue weighted by Gasteiger charge is 2.33. The van der Waals surface area contributed by atoms with Crippen molar-refractivity contribution in [3.63, 3.8) is 0 Å². The molecule has 1 aromatic carbocycles. The van der Waals surface area contributed by atoms with E-state index in [0.717, 1.165) is 57.6 Å². The van der Waals surface area contributed by atoms with Crippen LogP contribution < -0.4 is 0 Å². The molecular formula is C18H26FNO2. The second-order valence-corrected chi connectivity index (χ2v) is 6.50. The van der Waals surface area contributed by atoms with Crippen LogP contribution in [0.2, 0.25) is 0 Å². The number of benzene rings is 1. The molecule has 0 saturated carbocycles. The minimum Gasteiger partial charge on any atom is -0.381 e. The normalized spacial score (nSPS) is 27.9. The smallest absolute Gasteiger partial charge is 0.123 e. The largest absolute Gasteiger partial charge is 0.381 e. The number of hydrogen-bond donors (Lipinski definition) is 0. The summed E-state index contributed by atoms with van der Waals surface area (Å²) in [4.78, 5) is 2.60. The minimum atomic E-state index is -0.149. The summed E-state index contributed by atoms with van der Waals surface area (Å²) in [5.41, 5.74) is 1.07. The van der Waals surface area contributed by atoms with Gasteiger partial charge < -0.3 is 9.47 Å². The highest BCUT2D eigenvalue weighted by Crippen LogP contribution is 2.27.